The Hall–Kier alpha value is -3.15. The Morgan fingerprint density at radius 3 is 2.24 bits per heavy atom. The molecule has 0 aliphatic carbocycles. The first-order chi connectivity index (χ1) is 12.1. The molecule has 0 saturated carbocycles. The predicted octanol–water partition coefficient (Wildman–Crippen LogP) is 2.46. The number of anilines is 1. The predicted molar refractivity (Wildman–Crippen MR) is 90.9 cm³/mol. The van der Waals surface area contributed by atoms with Gasteiger partial charge in [-0.15, -0.1) is 0 Å². The zero-order valence-electron chi connectivity index (χ0n) is 13.9. The first-order valence-corrected chi connectivity index (χ1v) is 7.78. The lowest BCUT2D eigenvalue weighted by Gasteiger charge is -2.18. The fourth-order valence-corrected chi connectivity index (χ4v) is 3.05. The summed E-state index contributed by atoms with van der Waals surface area (Å²) in [6.07, 6.45) is 0.461. The largest absolute Gasteiger partial charge is 0.465 e. The minimum Gasteiger partial charge on any atom is -0.465 e. The number of rotatable bonds is 3. The van der Waals surface area contributed by atoms with Crippen molar-refractivity contribution in [3.8, 4) is 0 Å². The van der Waals surface area contributed by atoms with Crippen LogP contribution in [0.5, 0.6) is 0 Å². The van der Waals surface area contributed by atoms with Gasteiger partial charge in [0.15, 0.2) is 0 Å². The fourth-order valence-electron chi connectivity index (χ4n) is 3.05. The minimum atomic E-state index is -0.619. The monoisotopic (exact) mass is 339 g/mol. The molecule has 0 spiro atoms. The lowest BCUT2D eigenvalue weighted by molar-refractivity contribution is 0.0554. The van der Waals surface area contributed by atoms with E-state index in [0.29, 0.717) is 29.8 Å². The van der Waals surface area contributed by atoms with Crippen LogP contribution in [0.3, 0.4) is 0 Å². The average Bonchev–Trinajstić information content (AvgIpc) is 3.10. The number of methoxy groups -OCH3 is 2. The smallest absolute Gasteiger partial charge is 0.339 e. The van der Waals surface area contributed by atoms with E-state index in [2.05, 4.69) is 0 Å². The second-order valence-electron chi connectivity index (χ2n) is 5.54. The normalized spacial score (nSPS) is 12.5. The number of nitrogens with zero attached hydrogens (tertiary/aromatic N) is 1. The zero-order chi connectivity index (χ0) is 18.0. The molecule has 0 radical (unpaired) electrons. The number of esters is 2. The molecule has 1 aliphatic rings. The van der Waals surface area contributed by atoms with Crippen LogP contribution < -0.4 is 4.90 Å². The van der Waals surface area contributed by atoms with Crippen LogP contribution in [-0.2, 0) is 15.9 Å². The molecule has 128 valence electrons. The van der Waals surface area contributed by atoms with E-state index in [9.17, 15) is 14.4 Å². The van der Waals surface area contributed by atoms with Crippen LogP contribution in [0, 0.1) is 0 Å². The Bertz CT molecular complexity index is 844. The number of ether oxygens (including phenoxy) is 2. The minimum absolute atomic E-state index is 0.141. The first kappa shape index (κ1) is 16.7. The SMILES string of the molecule is COC(=O)c1ccc2c(c1C(=O)OC)CCN2C(=O)c1ccccc1. The quantitative estimate of drug-likeness (QED) is 0.803. The van der Waals surface area contributed by atoms with Crippen LogP contribution in [0.2, 0.25) is 0 Å². The van der Waals surface area contributed by atoms with Crippen molar-refractivity contribution in [1.29, 1.82) is 0 Å². The Balaban J connectivity index is 2.08. The molecule has 2 aromatic rings. The summed E-state index contributed by atoms with van der Waals surface area (Å²) in [6.45, 7) is 0.428. The molecule has 6 heteroatoms. The molecular formula is C19H17NO5. The molecule has 0 saturated heterocycles. The lowest BCUT2D eigenvalue weighted by atomic mass is 9.98. The Morgan fingerprint density at radius 1 is 0.920 bits per heavy atom. The third-order valence-electron chi connectivity index (χ3n) is 4.23. The number of benzene rings is 2. The van der Waals surface area contributed by atoms with Crippen molar-refractivity contribution in [2.45, 2.75) is 6.42 Å². The van der Waals surface area contributed by atoms with E-state index in [4.69, 9.17) is 9.47 Å². The molecule has 25 heavy (non-hydrogen) atoms. The van der Waals surface area contributed by atoms with E-state index >= 15 is 0 Å². The first-order valence-electron chi connectivity index (χ1n) is 7.78. The van der Waals surface area contributed by atoms with Crippen LogP contribution in [0.1, 0.15) is 36.6 Å². The summed E-state index contributed by atoms with van der Waals surface area (Å²) < 4.78 is 9.57. The van der Waals surface area contributed by atoms with Crippen molar-refractivity contribution in [3.63, 3.8) is 0 Å². The average molecular weight is 339 g/mol. The Morgan fingerprint density at radius 2 is 1.60 bits per heavy atom. The molecular weight excluding hydrogens is 322 g/mol. The molecule has 0 fully saturated rings. The second-order valence-corrected chi connectivity index (χ2v) is 5.54. The molecule has 2 aromatic carbocycles. The molecule has 6 nitrogen and oxygen atoms in total. The lowest BCUT2D eigenvalue weighted by Crippen LogP contribution is -2.28. The van der Waals surface area contributed by atoms with E-state index in [1.54, 1.807) is 35.2 Å². The summed E-state index contributed by atoms with van der Waals surface area (Å²) in [4.78, 5) is 38.6. The highest BCUT2D eigenvalue weighted by Crippen LogP contribution is 2.34. The highest BCUT2D eigenvalue weighted by atomic mass is 16.5. The molecule has 0 atom stereocenters. The molecule has 0 N–H and O–H groups in total. The topological polar surface area (TPSA) is 72.9 Å². The third kappa shape index (κ3) is 2.87. The van der Waals surface area contributed by atoms with Gasteiger partial charge < -0.3 is 14.4 Å². The van der Waals surface area contributed by atoms with Crippen molar-refractivity contribution < 1.29 is 23.9 Å². The number of hydrogen-bond donors (Lipinski definition) is 0. The van der Waals surface area contributed by atoms with E-state index in [1.165, 1.54) is 20.3 Å². The van der Waals surface area contributed by atoms with Crippen LogP contribution in [0.25, 0.3) is 0 Å². The third-order valence-corrected chi connectivity index (χ3v) is 4.23. The standard InChI is InChI=1S/C19H17NO5/c1-24-18(22)14-8-9-15-13(16(14)19(23)25-2)10-11-20(15)17(21)12-6-4-3-5-7-12/h3-9H,10-11H2,1-2H3. The molecule has 1 aliphatic heterocycles. The van der Waals surface area contributed by atoms with Crippen molar-refractivity contribution in [1.82, 2.24) is 0 Å². The maximum absolute atomic E-state index is 12.8. The van der Waals surface area contributed by atoms with E-state index in [1.807, 2.05) is 6.07 Å². The van der Waals surface area contributed by atoms with Crippen LogP contribution in [0.4, 0.5) is 5.69 Å². The highest BCUT2D eigenvalue weighted by Gasteiger charge is 2.32. The highest BCUT2D eigenvalue weighted by molar-refractivity contribution is 6.10. The van der Waals surface area contributed by atoms with Gasteiger partial charge in [-0.1, -0.05) is 18.2 Å². The van der Waals surface area contributed by atoms with Gasteiger partial charge in [-0.2, -0.15) is 0 Å². The summed E-state index contributed by atoms with van der Waals surface area (Å²) in [6, 6.07) is 12.1. The summed E-state index contributed by atoms with van der Waals surface area (Å²) >= 11 is 0. The Labute approximate surface area is 145 Å². The molecule has 0 aromatic heterocycles. The van der Waals surface area contributed by atoms with Crippen molar-refractivity contribution in [3.05, 3.63) is 64.7 Å². The number of fused-ring (bicyclic) bond motifs is 1. The molecule has 0 bridgehead atoms. The van der Waals surface area contributed by atoms with Gasteiger partial charge in [0.05, 0.1) is 25.3 Å². The van der Waals surface area contributed by atoms with Gasteiger partial charge in [0.25, 0.3) is 5.91 Å². The van der Waals surface area contributed by atoms with Gasteiger partial charge >= 0.3 is 11.9 Å². The summed E-state index contributed by atoms with van der Waals surface area (Å²) in [5.74, 6) is -1.39. The number of amides is 1. The summed E-state index contributed by atoms with van der Waals surface area (Å²) in [5, 5.41) is 0. The molecule has 3 rings (SSSR count). The Kier molecular flexibility index (Phi) is 4.52. The maximum atomic E-state index is 12.8. The van der Waals surface area contributed by atoms with Crippen LogP contribution in [-0.4, -0.2) is 38.6 Å². The van der Waals surface area contributed by atoms with Gasteiger partial charge in [0.2, 0.25) is 0 Å². The number of carbonyl (C=O) groups excluding carboxylic acids is 3. The van der Waals surface area contributed by atoms with Crippen molar-refractivity contribution >= 4 is 23.5 Å². The molecule has 1 amide bonds. The fraction of sp³-hybridized carbons (Fsp3) is 0.211. The van der Waals surface area contributed by atoms with Gasteiger partial charge in [-0.05, 0) is 36.2 Å². The van der Waals surface area contributed by atoms with E-state index in [-0.39, 0.29) is 17.0 Å². The molecule has 1 heterocycles. The summed E-state index contributed by atoms with van der Waals surface area (Å²) in [5.41, 5.74) is 2.10. The van der Waals surface area contributed by atoms with Crippen LogP contribution >= 0.6 is 0 Å². The second kappa shape index (κ2) is 6.76. The number of hydrogen-bond acceptors (Lipinski definition) is 5. The van der Waals surface area contributed by atoms with Crippen molar-refractivity contribution in [2.75, 3.05) is 25.7 Å². The van der Waals surface area contributed by atoms with E-state index < -0.39 is 11.9 Å². The summed E-state index contributed by atoms with van der Waals surface area (Å²) in [7, 11) is 2.51. The van der Waals surface area contributed by atoms with Crippen LogP contribution in [0.15, 0.2) is 42.5 Å². The van der Waals surface area contributed by atoms with E-state index in [0.717, 1.165) is 0 Å². The van der Waals surface area contributed by atoms with Gasteiger partial charge in [0.1, 0.15) is 0 Å². The van der Waals surface area contributed by atoms with Gasteiger partial charge in [-0.25, -0.2) is 9.59 Å². The zero-order valence-corrected chi connectivity index (χ0v) is 13.9. The molecule has 0 unspecified atom stereocenters. The van der Waals surface area contributed by atoms with Gasteiger partial charge in [-0.3, -0.25) is 4.79 Å². The van der Waals surface area contributed by atoms with Gasteiger partial charge in [0, 0.05) is 17.8 Å². The maximum Gasteiger partial charge on any atom is 0.339 e. The number of carbonyl (C=O) groups is 3. The van der Waals surface area contributed by atoms with Crippen molar-refractivity contribution in [2.24, 2.45) is 0 Å².